The van der Waals surface area contributed by atoms with Crippen LogP contribution >= 0.6 is 0 Å². The van der Waals surface area contributed by atoms with Crippen molar-refractivity contribution < 1.29 is 69.3 Å². The molecule has 0 rings (SSSR count). The van der Waals surface area contributed by atoms with Gasteiger partial charge in [-0.1, -0.05) is 0 Å². The van der Waals surface area contributed by atoms with Gasteiger partial charge in [-0.3, -0.25) is 33.6 Å². The molecule has 0 bridgehead atoms. The Balaban J connectivity index is -0.0000000500. The van der Waals surface area contributed by atoms with E-state index in [0.29, 0.717) is 0 Å². The van der Waals surface area contributed by atoms with Crippen molar-refractivity contribution in [1.29, 1.82) is 0 Å². The molecule has 0 saturated heterocycles. The molecule has 0 fully saturated rings. The van der Waals surface area contributed by atoms with Crippen LogP contribution in [-0.2, 0) is 33.6 Å². The van der Waals surface area contributed by atoms with Gasteiger partial charge in [0.25, 0.3) is 29.8 Å². The monoisotopic (exact) mass is 404 g/mol. The molecule has 0 amide bonds. The molecule has 0 aromatic heterocycles. The summed E-state index contributed by atoms with van der Waals surface area (Å²) in [7, 11) is 0. The molecule has 160 valence electrons. The van der Waals surface area contributed by atoms with Gasteiger partial charge in [-0.05, 0) is 0 Å². The molecule has 14 heteroatoms. The quantitative estimate of drug-likeness (QED) is 0.299. The highest BCUT2D eigenvalue weighted by Crippen LogP contribution is 1.74. The van der Waals surface area contributed by atoms with E-state index < -0.39 is 48.2 Å². The van der Waals surface area contributed by atoms with E-state index in [2.05, 4.69) is 0 Å². The summed E-state index contributed by atoms with van der Waals surface area (Å²) in [6, 6.07) is 0. The molecule has 7 N–H and O–H groups in total. The normalized spacial score (nSPS) is 6.70. The molecule has 0 spiro atoms. The zero-order valence-corrected chi connectivity index (χ0v) is 15.2. The largest absolute Gasteiger partial charge is 0.481 e. The van der Waals surface area contributed by atoms with Gasteiger partial charge in [0.1, 0.15) is 6.42 Å². The van der Waals surface area contributed by atoms with Crippen LogP contribution in [0.4, 0.5) is 0 Å². The second-order valence-electron chi connectivity index (χ2n) is 3.56. The maximum atomic E-state index is 9.43. The van der Waals surface area contributed by atoms with Crippen molar-refractivity contribution in [3.05, 3.63) is 0 Å². The van der Waals surface area contributed by atoms with Gasteiger partial charge >= 0.3 is 11.9 Å². The zero-order valence-electron chi connectivity index (χ0n) is 15.2. The van der Waals surface area contributed by atoms with Crippen LogP contribution < -0.4 is 0 Å². The third kappa shape index (κ3) is 109000. The molecule has 0 radical (unpaired) electrons. The van der Waals surface area contributed by atoms with Gasteiger partial charge in [0.2, 0.25) is 0 Å². The minimum absolute atomic E-state index is 0.806. The topological polar surface area (TPSA) is 261 Å². The Morgan fingerprint density at radius 2 is 0.481 bits per heavy atom. The average Bonchev–Trinajstić information content (AvgIpc) is 2.21. The molecule has 0 heterocycles. The van der Waals surface area contributed by atoms with E-state index in [1.165, 1.54) is 0 Å². The average molecular weight is 404 g/mol. The predicted octanol–water partition coefficient (Wildman–Crippen LogP) is 0.000200. The maximum absolute atomic E-state index is 9.43. The summed E-state index contributed by atoms with van der Waals surface area (Å²) in [5.41, 5.74) is 0. The van der Waals surface area contributed by atoms with Crippen LogP contribution in [0.3, 0.4) is 0 Å². The van der Waals surface area contributed by atoms with Crippen molar-refractivity contribution in [2.75, 3.05) is 0 Å². The van der Waals surface area contributed by atoms with Gasteiger partial charge in [0.05, 0.1) is 0 Å². The highest BCUT2D eigenvalue weighted by molar-refractivity contribution is 5.88. The molecule has 14 nitrogen and oxygen atoms in total. The molecular formula is C13H24O14. The third-order valence-corrected chi connectivity index (χ3v) is 0.302. The number of carboxylic acids is 7. The number of carboxylic acid groups (broad SMARTS) is 7. The number of carbonyl (C=O) groups is 7. The van der Waals surface area contributed by atoms with Crippen molar-refractivity contribution >= 4 is 41.8 Å². The standard InChI is InChI=1S/C3H4O4.5C2H4O2/c4-2(5)1-3(6)7;5*1-2(3)4/h1H2,(H,4,5)(H,6,7);5*1H3,(H,3,4). The maximum Gasteiger partial charge on any atom is 0.314 e. The SMILES string of the molecule is CC(=O)O.CC(=O)O.CC(=O)O.CC(=O)O.CC(=O)O.O=C(O)CC(=O)O. The van der Waals surface area contributed by atoms with Crippen LogP contribution in [0.25, 0.3) is 0 Å². The first kappa shape index (κ1) is 38.7. The second-order valence-corrected chi connectivity index (χ2v) is 3.56. The first-order valence-electron chi connectivity index (χ1n) is 6.20. The molecule has 0 saturated carbocycles. The van der Waals surface area contributed by atoms with Crippen molar-refractivity contribution in [1.82, 2.24) is 0 Å². The van der Waals surface area contributed by atoms with Gasteiger partial charge in [-0.2, -0.15) is 0 Å². The van der Waals surface area contributed by atoms with Gasteiger partial charge in [0.15, 0.2) is 0 Å². The summed E-state index contributed by atoms with van der Waals surface area (Å²) in [4.78, 5) is 63.9. The van der Waals surface area contributed by atoms with E-state index in [4.69, 9.17) is 59.7 Å². The summed E-state index contributed by atoms with van der Waals surface area (Å²) in [5, 5.41) is 52.5. The lowest BCUT2D eigenvalue weighted by Gasteiger charge is -1.80. The van der Waals surface area contributed by atoms with Gasteiger partial charge in [0, 0.05) is 34.6 Å². The van der Waals surface area contributed by atoms with E-state index in [1.54, 1.807) is 0 Å². The molecule has 0 aromatic carbocycles. The molecule has 0 atom stereocenters. The van der Waals surface area contributed by atoms with Crippen molar-refractivity contribution in [2.45, 2.75) is 41.0 Å². The Morgan fingerprint density at radius 3 is 0.481 bits per heavy atom. The van der Waals surface area contributed by atoms with E-state index in [-0.39, 0.29) is 0 Å². The molecule has 0 unspecified atom stereocenters. The molecule has 0 aliphatic rings. The fourth-order valence-electron chi connectivity index (χ4n) is 0.129. The first-order chi connectivity index (χ1) is 11.8. The first-order valence-corrected chi connectivity index (χ1v) is 6.20. The van der Waals surface area contributed by atoms with Gasteiger partial charge < -0.3 is 35.7 Å². The number of aliphatic carboxylic acids is 7. The molecule has 0 aromatic rings. The van der Waals surface area contributed by atoms with Crippen LogP contribution in [0.5, 0.6) is 0 Å². The van der Waals surface area contributed by atoms with Gasteiger partial charge in [-0.15, -0.1) is 0 Å². The predicted molar refractivity (Wildman–Crippen MR) is 86.4 cm³/mol. The molecule has 0 aliphatic heterocycles. The number of hydrogen-bond donors (Lipinski definition) is 7. The summed E-state index contributed by atoms with van der Waals surface area (Å²) in [6.07, 6.45) is -0.806. The fraction of sp³-hybridized carbons (Fsp3) is 0.462. The highest BCUT2D eigenvalue weighted by atomic mass is 16.4. The number of hydrogen-bond acceptors (Lipinski definition) is 7. The lowest BCUT2D eigenvalue weighted by molar-refractivity contribution is -0.147. The van der Waals surface area contributed by atoms with E-state index in [9.17, 15) is 9.59 Å². The van der Waals surface area contributed by atoms with E-state index in [1.807, 2.05) is 0 Å². The van der Waals surface area contributed by atoms with Crippen LogP contribution in [0.1, 0.15) is 41.0 Å². The number of rotatable bonds is 2. The fourth-order valence-corrected chi connectivity index (χ4v) is 0.129. The van der Waals surface area contributed by atoms with Gasteiger partial charge in [-0.25, -0.2) is 0 Å². The van der Waals surface area contributed by atoms with E-state index in [0.717, 1.165) is 34.6 Å². The Kier molecular flexibility index (Phi) is 43.3. The molecule has 0 aliphatic carbocycles. The third-order valence-electron chi connectivity index (χ3n) is 0.302. The second kappa shape index (κ2) is 30.2. The minimum Gasteiger partial charge on any atom is -0.481 e. The van der Waals surface area contributed by atoms with Crippen molar-refractivity contribution in [3.63, 3.8) is 0 Å². The van der Waals surface area contributed by atoms with E-state index >= 15 is 0 Å². The van der Waals surface area contributed by atoms with Crippen LogP contribution in [-0.4, -0.2) is 77.5 Å². The van der Waals surface area contributed by atoms with Crippen LogP contribution in [0, 0.1) is 0 Å². The molecular weight excluding hydrogens is 380 g/mol. The smallest absolute Gasteiger partial charge is 0.314 e. The Bertz CT molecular complexity index is 364. The zero-order chi connectivity index (χ0) is 23.7. The minimum atomic E-state index is -1.31. The van der Waals surface area contributed by atoms with Crippen molar-refractivity contribution in [2.24, 2.45) is 0 Å². The lowest BCUT2D eigenvalue weighted by atomic mass is 10.5. The van der Waals surface area contributed by atoms with Crippen LogP contribution in [0.15, 0.2) is 0 Å². The highest BCUT2D eigenvalue weighted by Gasteiger charge is 2.01. The Morgan fingerprint density at radius 1 is 0.407 bits per heavy atom. The summed E-state index contributed by atoms with van der Waals surface area (Å²) in [6.45, 7) is 5.42. The Hall–Kier alpha value is -3.71. The summed E-state index contributed by atoms with van der Waals surface area (Å²) in [5.74, 6) is -6.79. The van der Waals surface area contributed by atoms with Crippen LogP contribution in [0.2, 0.25) is 0 Å². The van der Waals surface area contributed by atoms with Crippen molar-refractivity contribution in [3.8, 4) is 0 Å². The summed E-state index contributed by atoms with van der Waals surface area (Å²) >= 11 is 0. The molecule has 27 heavy (non-hydrogen) atoms. The lowest BCUT2D eigenvalue weighted by Crippen LogP contribution is -2.03. The Labute approximate surface area is 153 Å². The summed E-state index contributed by atoms with van der Waals surface area (Å²) < 4.78 is 0.